The Labute approximate surface area is 99.9 Å². The molecule has 88 valence electrons. The van der Waals surface area contributed by atoms with Crippen LogP contribution in [0.15, 0.2) is 36.7 Å². The number of nitrogens with zero attached hydrogens (tertiary/aromatic N) is 2. The van der Waals surface area contributed by atoms with Gasteiger partial charge in [-0.1, -0.05) is 12.1 Å². The normalized spacial score (nSPS) is 19.6. The summed E-state index contributed by atoms with van der Waals surface area (Å²) in [5.74, 6) is 0.290. The van der Waals surface area contributed by atoms with E-state index in [1.807, 2.05) is 29.2 Å². The molecule has 0 spiro atoms. The van der Waals surface area contributed by atoms with Crippen molar-refractivity contribution in [2.75, 3.05) is 13.1 Å². The van der Waals surface area contributed by atoms with E-state index < -0.39 is 0 Å². The molecule has 1 aliphatic rings. The zero-order valence-corrected chi connectivity index (χ0v) is 9.50. The third kappa shape index (κ3) is 2.03. The fraction of sp³-hybridized carbons (Fsp3) is 0.308. The third-order valence-corrected chi connectivity index (χ3v) is 3.19. The lowest BCUT2D eigenvalue weighted by atomic mass is 10.1. The Hall–Kier alpha value is -1.81. The van der Waals surface area contributed by atoms with Gasteiger partial charge in [-0.05, 0) is 30.7 Å². The SMILES string of the molecule is Oc1cccc(-c2cnn(C3CCNC3)c2)c1. The minimum Gasteiger partial charge on any atom is -0.508 e. The highest BCUT2D eigenvalue weighted by Crippen LogP contribution is 2.24. The summed E-state index contributed by atoms with van der Waals surface area (Å²) in [6.07, 6.45) is 5.03. The van der Waals surface area contributed by atoms with Gasteiger partial charge in [0.05, 0.1) is 12.2 Å². The van der Waals surface area contributed by atoms with E-state index in [4.69, 9.17) is 0 Å². The van der Waals surface area contributed by atoms with Gasteiger partial charge in [-0.3, -0.25) is 4.68 Å². The Kier molecular flexibility index (Phi) is 2.57. The summed E-state index contributed by atoms with van der Waals surface area (Å²) in [7, 11) is 0. The Balaban J connectivity index is 1.89. The van der Waals surface area contributed by atoms with Gasteiger partial charge in [-0.15, -0.1) is 0 Å². The van der Waals surface area contributed by atoms with E-state index in [1.165, 1.54) is 0 Å². The molecule has 1 aliphatic heterocycles. The number of nitrogens with one attached hydrogen (secondary N) is 1. The minimum atomic E-state index is 0.290. The minimum absolute atomic E-state index is 0.290. The summed E-state index contributed by atoms with van der Waals surface area (Å²) < 4.78 is 2.01. The van der Waals surface area contributed by atoms with Crippen LogP contribution in [0.1, 0.15) is 12.5 Å². The number of hydrogen-bond donors (Lipinski definition) is 2. The second-order valence-electron chi connectivity index (χ2n) is 4.41. The molecule has 0 amide bonds. The highest BCUT2D eigenvalue weighted by molar-refractivity contribution is 5.63. The van der Waals surface area contributed by atoms with Crippen LogP contribution in [0, 0.1) is 0 Å². The number of aromatic hydroxyl groups is 1. The molecule has 4 heteroatoms. The van der Waals surface area contributed by atoms with Crippen LogP contribution in [0.25, 0.3) is 11.1 Å². The van der Waals surface area contributed by atoms with Gasteiger partial charge >= 0.3 is 0 Å². The molecule has 0 saturated carbocycles. The standard InChI is InChI=1S/C13H15N3O/c17-13-3-1-2-10(6-13)11-7-15-16(9-11)12-4-5-14-8-12/h1-3,6-7,9,12,14,17H,4-5,8H2. The van der Waals surface area contributed by atoms with E-state index in [2.05, 4.69) is 10.4 Å². The molecule has 2 N–H and O–H groups in total. The van der Waals surface area contributed by atoms with Gasteiger partial charge < -0.3 is 10.4 Å². The molecule has 1 fully saturated rings. The molecule has 4 nitrogen and oxygen atoms in total. The van der Waals surface area contributed by atoms with Gasteiger partial charge in [0, 0.05) is 18.3 Å². The second-order valence-corrected chi connectivity index (χ2v) is 4.41. The number of benzene rings is 1. The predicted octanol–water partition coefficient (Wildman–Crippen LogP) is 1.79. The Bertz CT molecular complexity index is 515. The first kappa shape index (κ1) is 10.4. The molecule has 1 aromatic carbocycles. The average molecular weight is 229 g/mol. The van der Waals surface area contributed by atoms with Crippen LogP contribution < -0.4 is 5.32 Å². The van der Waals surface area contributed by atoms with Crippen LogP contribution in [-0.2, 0) is 0 Å². The molecule has 0 bridgehead atoms. The maximum Gasteiger partial charge on any atom is 0.116 e. The van der Waals surface area contributed by atoms with Crippen molar-refractivity contribution < 1.29 is 5.11 Å². The lowest BCUT2D eigenvalue weighted by Gasteiger charge is -2.07. The van der Waals surface area contributed by atoms with Crippen LogP contribution in [-0.4, -0.2) is 28.0 Å². The monoisotopic (exact) mass is 229 g/mol. The molecule has 1 unspecified atom stereocenters. The quantitative estimate of drug-likeness (QED) is 0.825. The number of phenols is 1. The number of aromatic nitrogens is 2. The highest BCUT2D eigenvalue weighted by atomic mass is 16.3. The highest BCUT2D eigenvalue weighted by Gasteiger charge is 2.17. The van der Waals surface area contributed by atoms with Crippen molar-refractivity contribution in [3.8, 4) is 16.9 Å². The number of phenolic OH excluding ortho intramolecular Hbond substituents is 1. The van der Waals surface area contributed by atoms with Crippen molar-refractivity contribution in [2.24, 2.45) is 0 Å². The van der Waals surface area contributed by atoms with Gasteiger partial charge in [-0.2, -0.15) is 5.10 Å². The topological polar surface area (TPSA) is 50.1 Å². The van der Waals surface area contributed by atoms with E-state index in [0.29, 0.717) is 6.04 Å². The van der Waals surface area contributed by atoms with Gasteiger partial charge in [0.2, 0.25) is 0 Å². The Morgan fingerprint density at radius 1 is 1.35 bits per heavy atom. The fourth-order valence-corrected chi connectivity index (χ4v) is 2.24. The van der Waals surface area contributed by atoms with Crippen LogP contribution in [0.3, 0.4) is 0 Å². The predicted molar refractivity (Wildman–Crippen MR) is 65.9 cm³/mol. The number of rotatable bonds is 2. The van der Waals surface area contributed by atoms with Crippen LogP contribution in [0.4, 0.5) is 0 Å². The van der Waals surface area contributed by atoms with Crippen molar-refractivity contribution in [2.45, 2.75) is 12.5 Å². The van der Waals surface area contributed by atoms with Crippen molar-refractivity contribution in [1.82, 2.24) is 15.1 Å². The summed E-state index contributed by atoms with van der Waals surface area (Å²) in [4.78, 5) is 0. The molecule has 0 aliphatic carbocycles. The average Bonchev–Trinajstić information content (AvgIpc) is 3.00. The van der Waals surface area contributed by atoms with Crippen molar-refractivity contribution in [3.63, 3.8) is 0 Å². The molecule has 2 aromatic rings. The fourth-order valence-electron chi connectivity index (χ4n) is 2.24. The summed E-state index contributed by atoms with van der Waals surface area (Å²) in [5, 5.41) is 17.2. The molecular formula is C13H15N3O. The van der Waals surface area contributed by atoms with E-state index in [1.54, 1.807) is 12.1 Å². The van der Waals surface area contributed by atoms with Crippen LogP contribution in [0.5, 0.6) is 5.75 Å². The third-order valence-electron chi connectivity index (χ3n) is 3.19. The molecule has 0 radical (unpaired) electrons. The Morgan fingerprint density at radius 2 is 2.29 bits per heavy atom. The largest absolute Gasteiger partial charge is 0.508 e. The van der Waals surface area contributed by atoms with Crippen molar-refractivity contribution in [1.29, 1.82) is 0 Å². The second kappa shape index (κ2) is 4.22. The summed E-state index contributed by atoms with van der Waals surface area (Å²) in [6.45, 7) is 2.05. The van der Waals surface area contributed by atoms with Gasteiger partial charge in [-0.25, -0.2) is 0 Å². The lowest BCUT2D eigenvalue weighted by Crippen LogP contribution is -2.13. The molecule has 2 heterocycles. The summed E-state index contributed by atoms with van der Waals surface area (Å²) in [6, 6.07) is 7.72. The first-order chi connectivity index (χ1) is 8.33. The van der Waals surface area contributed by atoms with E-state index in [-0.39, 0.29) is 5.75 Å². The zero-order valence-electron chi connectivity index (χ0n) is 9.50. The van der Waals surface area contributed by atoms with Crippen molar-refractivity contribution in [3.05, 3.63) is 36.7 Å². The maximum atomic E-state index is 9.46. The molecule has 1 atom stereocenters. The number of hydrogen-bond acceptors (Lipinski definition) is 3. The van der Waals surface area contributed by atoms with Crippen LogP contribution in [0.2, 0.25) is 0 Å². The van der Waals surface area contributed by atoms with Gasteiger partial charge in [0.25, 0.3) is 0 Å². The van der Waals surface area contributed by atoms with Gasteiger partial charge in [0.15, 0.2) is 0 Å². The maximum absolute atomic E-state index is 9.46. The molecule has 1 aromatic heterocycles. The Morgan fingerprint density at radius 3 is 3.06 bits per heavy atom. The van der Waals surface area contributed by atoms with E-state index in [9.17, 15) is 5.11 Å². The molecule has 3 rings (SSSR count). The lowest BCUT2D eigenvalue weighted by molar-refractivity contribution is 0.475. The van der Waals surface area contributed by atoms with E-state index >= 15 is 0 Å². The molecular weight excluding hydrogens is 214 g/mol. The smallest absolute Gasteiger partial charge is 0.116 e. The van der Waals surface area contributed by atoms with Crippen LogP contribution >= 0.6 is 0 Å². The molecule has 1 saturated heterocycles. The summed E-state index contributed by atoms with van der Waals surface area (Å²) >= 11 is 0. The van der Waals surface area contributed by atoms with Crippen molar-refractivity contribution >= 4 is 0 Å². The van der Waals surface area contributed by atoms with E-state index in [0.717, 1.165) is 30.6 Å². The van der Waals surface area contributed by atoms with Gasteiger partial charge in [0.1, 0.15) is 5.75 Å². The molecule has 17 heavy (non-hydrogen) atoms. The first-order valence-electron chi connectivity index (χ1n) is 5.87. The zero-order chi connectivity index (χ0) is 11.7. The first-order valence-corrected chi connectivity index (χ1v) is 5.87. The summed E-state index contributed by atoms with van der Waals surface area (Å²) in [5.41, 5.74) is 2.05.